The third-order valence-corrected chi connectivity index (χ3v) is 1.04. The van der Waals surface area contributed by atoms with Gasteiger partial charge in [-0.15, -0.1) is 0 Å². The van der Waals surface area contributed by atoms with E-state index in [-0.39, 0.29) is 5.92 Å². The van der Waals surface area contributed by atoms with E-state index in [1.54, 1.807) is 13.8 Å². The number of hydroxylamine groups is 1. The van der Waals surface area contributed by atoms with Crippen molar-refractivity contribution in [2.24, 2.45) is 5.92 Å². The van der Waals surface area contributed by atoms with Crippen molar-refractivity contribution in [1.29, 1.82) is 0 Å². The van der Waals surface area contributed by atoms with Gasteiger partial charge < -0.3 is 0 Å². The van der Waals surface area contributed by atoms with Crippen LogP contribution in [0.4, 0.5) is 4.39 Å². The van der Waals surface area contributed by atoms with Crippen LogP contribution in [0.2, 0.25) is 0 Å². The molecule has 60 valence electrons. The minimum absolute atomic E-state index is 0.310. The predicted octanol–water partition coefficient (Wildman–Crippen LogP) is 0.658. The summed E-state index contributed by atoms with van der Waals surface area (Å²) in [6.45, 7) is 3.25. The molecular weight excluding hydrogens is 137 g/mol. The summed E-state index contributed by atoms with van der Waals surface area (Å²) in [5.41, 5.74) is 1.91. The van der Waals surface area contributed by atoms with E-state index < -0.39 is 12.1 Å². The van der Waals surface area contributed by atoms with Crippen LogP contribution in [0.15, 0.2) is 0 Å². The fourth-order valence-corrected chi connectivity index (χ4v) is 0.460. The highest BCUT2D eigenvalue weighted by molar-refractivity contribution is 5.79. The third-order valence-electron chi connectivity index (χ3n) is 1.04. The summed E-state index contributed by atoms with van der Waals surface area (Å²) < 4.78 is 12.6. The van der Waals surface area contributed by atoms with Gasteiger partial charge in [0.15, 0.2) is 6.17 Å². The number of rotatable bonds is 3. The maximum atomic E-state index is 12.6. The number of hydrogen-bond donors (Lipinski definition) is 1. The highest BCUT2D eigenvalue weighted by atomic mass is 19.1. The van der Waals surface area contributed by atoms with Crippen molar-refractivity contribution in [1.82, 2.24) is 5.48 Å². The van der Waals surface area contributed by atoms with Gasteiger partial charge >= 0.3 is 0 Å². The summed E-state index contributed by atoms with van der Waals surface area (Å²) in [5.74, 6) is -1.03. The molecule has 0 aromatic rings. The van der Waals surface area contributed by atoms with E-state index in [0.29, 0.717) is 0 Å². The Bertz CT molecular complexity index is 116. The minimum Gasteiger partial charge on any atom is -0.277 e. The van der Waals surface area contributed by atoms with Crippen molar-refractivity contribution in [2.75, 3.05) is 7.11 Å². The monoisotopic (exact) mass is 149 g/mol. The number of carbonyl (C=O) groups is 1. The van der Waals surface area contributed by atoms with Crippen LogP contribution in [-0.4, -0.2) is 19.2 Å². The molecule has 0 fully saturated rings. The zero-order chi connectivity index (χ0) is 8.15. The molecule has 0 radical (unpaired) electrons. The molecule has 0 aliphatic heterocycles. The standard InChI is InChI=1S/C6H12FNO2/c1-4(2)5(7)6(9)8-10-3/h4-5H,1-3H3,(H,8,9). The van der Waals surface area contributed by atoms with Crippen molar-refractivity contribution in [3.8, 4) is 0 Å². The topological polar surface area (TPSA) is 38.3 Å². The molecule has 0 saturated carbocycles. The molecule has 0 spiro atoms. The maximum Gasteiger partial charge on any atom is 0.278 e. The largest absolute Gasteiger partial charge is 0.278 e. The molecule has 0 aromatic carbocycles. The first kappa shape index (κ1) is 9.36. The smallest absolute Gasteiger partial charge is 0.277 e. The molecule has 1 amide bonds. The molecule has 0 saturated heterocycles. The van der Waals surface area contributed by atoms with E-state index in [0.717, 1.165) is 0 Å². The average molecular weight is 149 g/mol. The summed E-state index contributed by atoms with van der Waals surface area (Å²) in [6, 6.07) is 0. The fourth-order valence-electron chi connectivity index (χ4n) is 0.460. The Labute approximate surface area is 59.5 Å². The second-order valence-electron chi connectivity index (χ2n) is 2.32. The van der Waals surface area contributed by atoms with Crippen molar-refractivity contribution in [2.45, 2.75) is 20.0 Å². The Balaban J connectivity index is 3.71. The van der Waals surface area contributed by atoms with E-state index in [1.807, 2.05) is 5.48 Å². The molecular formula is C6H12FNO2. The molecule has 0 heterocycles. The summed E-state index contributed by atoms with van der Waals surface area (Å²) in [5, 5.41) is 0. The normalized spacial score (nSPS) is 13.3. The van der Waals surface area contributed by atoms with Gasteiger partial charge in [-0.1, -0.05) is 13.8 Å². The Kier molecular flexibility index (Phi) is 3.95. The Morgan fingerprint density at radius 3 is 2.40 bits per heavy atom. The zero-order valence-electron chi connectivity index (χ0n) is 6.35. The van der Waals surface area contributed by atoms with E-state index >= 15 is 0 Å². The Morgan fingerprint density at radius 1 is 1.60 bits per heavy atom. The van der Waals surface area contributed by atoms with Gasteiger partial charge in [0.1, 0.15) is 0 Å². The molecule has 4 heteroatoms. The number of carbonyl (C=O) groups excluding carboxylic acids is 1. The number of halogens is 1. The van der Waals surface area contributed by atoms with Gasteiger partial charge in [-0.3, -0.25) is 9.63 Å². The minimum atomic E-state index is -1.49. The lowest BCUT2D eigenvalue weighted by Gasteiger charge is -2.09. The van der Waals surface area contributed by atoms with Gasteiger partial charge in [-0.25, -0.2) is 9.87 Å². The molecule has 0 rings (SSSR count). The fraction of sp³-hybridized carbons (Fsp3) is 0.833. The van der Waals surface area contributed by atoms with Gasteiger partial charge in [-0.2, -0.15) is 0 Å². The number of nitrogens with one attached hydrogen (secondary N) is 1. The van der Waals surface area contributed by atoms with E-state index in [1.165, 1.54) is 7.11 Å². The highest BCUT2D eigenvalue weighted by Crippen LogP contribution is 2.04. The molecule has 1 N–H and O–H groups in total. The quantitative estimate of drug-likeness (QED) is 0.598. The third kappa shape index (κ3) is 2.77. The van der Waals surface area contributed by atoms with Crippen molar-refractivity contribution in [3.05, 3.63) is 0 Å². The maximum absolute atomic E-state index is 12.6. The van der Waals surface area contributed by atoms with Crippen LogP contribution in [0.25, 0.3) is 0 Å². The van der Waals surface area contributed by atoms with E-state index in [2.05, 4.69) is 4.84 Å². The first-order chi connectivity index (χ1) is 4.59. The SMILES string of the molecule is CONC(=O)C(F)C(C)C. The summed E-state index contributed by atoms with van der Waals surface area (Å²) in [6.07, 6.45) is -1.49. The summed E-state index contributed by atoms with van der Waals surface area (Å²) in [4.78, 5) is 14.8. The van der Waals surface area contributed by atoms with Crippen LogP contribution in [0.5, 0.6) is 0 Å². The Morgan fingerprint density at radius 2 is 2.10 bits per heavy atom. The first-order valence-corrected chi connectivity index (χ1v) is 3.06. The van der Waals surface area contributed by atoms with Gasteiger partial charge in [0.05, 0.1) is 7.11 Å². The average Bonchev–Trinajstić information content (AvgIpc) is 1.87. The molecule has 10 heavy (non-hydrogen) atoms. The molecule has 0 aliphatic carbocycles. The van der Waals surface area contributed by atoms with Crippen LogP contribution in [-0.2, 0) is 9.63 Å². The van der Waals surface area contributed by atoms with Crippen LogP contribution in [0.3, 0.4) is 0 Å². The summed E-state index contributed by atoms with van der Waals surface area (Å²) in [7, 11) is 1.27. The van der Waals surface area contributed by atoms with E-state index in [4.69, 9.17) is 0 Å². The predicted molar refractivity (Wildman–Crippen MR) is 34.9 cm³/mol. The van der Waals surface area contributed by atoms with Gasteiger partial charge in [0.2, 0.25) is 0 Å². The first-order valence-electron chi connectivity index (χ1n) is 3.06. The highest BCUT2D eigenvalue weighted by Gasteiger charge is 2.20. The molecule has 0 aromatic heterocycles. The molecule has 3 nitrogen and oxygen atoms in total. The Hall–Kier alpha value is -0.640. The lowest BCUT2D eigenvalue weighted by atomic mass is 10.1. The van der Waals surface area contributed by atoms with Crippen molar-refractivity contribution < 1.29 is 14.0 Å². The lowest BCUT2D eigenvalue weighted by Crippen LogP contribution is -2.34. The summed E-state index contributed by atoms with van der Waals surface area (Å²) >= 11 is 0. The van der Waals surface area contributed by atoms with Crippen molar-refractivity contribution >= 4 is 5.91 Å². The van der Waals surface area contributed by atoms with Crippen LogP contribution < -0.4 is 5.48 Å². The van der Waals surface area contributed by atoms with Crippen molar-refractivity contribution in [3.63, 3.8) is 0 Å². The second kappa shape index (κ2) is 4.22. The second-order valence-corrected chi connectivity index (χ2v) is 2.32. The van der Waals surface area contributed by atoms with Crippen LogP contribution in [0, 0.1) is 5.92 Å². The zero-order valence-corrected chi connectivity index (χ0v) is 6.35. The number of amides is 1. The molecule has 0 bridgehead atoms. The van der Waals surface area contributed by atoms with E-state index in [9.17, 15) is 9.18 Å². The molecule has 0 aliphatic rings. The number of hydrogen-bond acceptors (Lipinski definition) is 2. The number of alkyl halides is 1. The van der Waals surface area contributed by atoms with Gasteiger partial charge in [-0.05, 0) is 5.92 Å². The van der Waals surface area contributed by atoms with Gasteiger partial charge in [0, 0.05) is 0 Å². The van der Waals surface area contributed by atoms with Crippen LogP contribution >= 0.6 is 0 Å². The molecule has 1 unspecified atom stereocenters. The van der Waals surface area contributed by atoms with Gasteiger partial charge in [0.25, 0.3) is 5.91 Å². The van der Waals surface area contributed by atoms with Crippen LogP contribution in [0.1, 0.15) is 13.8 Å². The molecule has 1 atom stereocenters. The lowest BCUT2D eigenvalue weighted by molar-refractivity contribution is -0.138.